The van der Waals surface area contributed by atoms with Gasteiger partial charge < -0.3 is 4.90 Å². The maximum Gasteiger partial charge on any atom is 0.406 e. The number of nitrogens with zero attached hydrogens (tertiary/aromatic N) is 1. The third-order valence-corrected chi connectivity index (χ3v) is 5.14. The van der Waals surface area contributed by atoms with Crippen molar-refractivity contribution in [2.24, 2.45) is 0 Å². The van der Waals surface area contributed by atoms with Crippen LogP contribution in [0, 0.1) is 0 Å². The van der Waals surface area contributed by atoms with Crippen molar-refractivity contribution < 1.29 is 26.4 Å². The van der Waals surface area contributed by atoms with Gasteiger partial charge in [0, 0.05) is 22.6 Å². The molecule has 0 aliphatic carbocycles. The summed E-state index contributed by atoms with van der Waals surface area (Å²) in [6.45, 7) is -0.131. The molecule has 10 heteroatoms. The largest absolute Gasteiger partial charge is 0.406 e. The van der Waals surface area contributed by atoms with Gasteiger partial charge in [-0.25, -0.2) is 8.42 Å². The summed E-state index contributed by atoms with van der Waals surface area (Å²) in [4.78, 5) is 12.4. The van der Waals surface area contributed by atoms with Crippen molar-refractivity contribution in [2.75, 3.05) is 13.1 Å². The Morgan fingerprint density at radius 1 is 1.47 bits per heavy atom. The zero-order chi connectivity index (χ0) is 14.8. The number of rotatable bonds is 4. The average Bonchev–Trinajstić information content (AvgIpc) is 2.72. The van der Waals surface area contributed by atoms with Crippen molar-refractivity contribution in [3.8, 4) is 0 Å². The lowest BCUT2D eigenvalue weighted by molar-refractivity contribution is -0.140. The standard InChI is InChI=1S/C9H9ClF3NO3S2/c1-2-14(5-9(11,12)13)8(15)6-3-7(18-4-6)19(10,16)17/h3-4H,2,5H2,1H3. The molecule has 1 rings (SSSR count). The summed E-state index contributed by atoms with van der Waals surface area (Å²) in [7, 11) is 1.09. The molecule has 0 aromatic carbocycles. The molecule has 1 amide bonds. The molecule has 4 nitrogen and oxygen atoms in total. The van der Waals surface area contributed by atoms with Gasteiger partial charge in [0.2, 0.25) is 0 Å². The number of carbonyl (C=O) groups excluding carboxylic acids is 1. The summed E-state index contributed by atoms with van der Waals surface area (Å²) >= 11 is 0.682. The molecule has 0 saturated heterocycles. The maximum atomic E-state index is 12.3. The lowest BCUT2D eigenvalue weighted by Crippen LogP contribution is -2.38. The van der Waals surface area contributed by atoms with Crippen molar-refractivity contribution in [1.82, 2.24) is 4.90 Å². The summed E-state index contributed by atoms with van der Waals surface area (Å²) in [5, 5.41) is 1.16. The second kappa shape index (κ2) is 5.68. The second-order valence-corrected chi connectivity index (χ2v) is 7.23. The number of hydrogen-bond donors (Lipinski definition) is 0. The van der Waals surface area contributed by atoms with Crippen molar-refractivity contribution >= 4 is 37.0 Å². The molecule has 1 heterocycles. The summed E-state index contributed by atoms with van der Waals surface area (Å²) in [6, 6.07) is 0.967. The van der Waals surface area contributed by atoms with E-state index in [2.05, 4.69) is 0 Å². The van der Waals surface area contributed by atoms with Crippen molar-refractivity contribution in [3.63, 3.8) is 0 Å². The molecule has 0 aliphatic heterocycles. The van der Waals surface area contributed by atoms with Gasteiger partial charge in [-0.05, 0) is 13.0 Å². The van der Waals surface area contributed by atoms with E-state index in [1.165, 1.54) is 6.92 Å². The van der Waals surface area contributed by atoms with Crippen molar-refractivity contribution in [2.45, 2.75) is 17.3 Å². The van der Waals surface area contributed by atoms with E-state index < -0.39 is 27.7 Å². The Morgan fingerprint density at radius 2 is 2.05 bits per heavy atom. The Bertz CT molecular complexity index is 568. The summed E-state index contributed by atoms with van der Waals surface area (Å²) < 4.78 is 58.5. The minimum absolute atomic E-state index is 0.129. The van der Waals surface area contributed by atoms with Crippen LogP contribution in [0.5, 0.6) is 0 Å². The minimum atomic E-state index is -4.51. The molecule has 1 aromatic rings. The molecule has 0 atom stereocenters. The number of carbonyl (C=O) groups is 1. The molecule has 0 unspecified atom stereocenters. The van der Waals surface area contributed by atoms with E-state index in [0.717, 1.165) is 11.4 Å². The fourth-order valence-corrected chi connectivity index (χ4v) is 3.22. The Balaban J connectivity index is 2.96. The molecule has 0 N–H and O–H groups in total. The Kier molecular flexibility index (Phi) is 4.86. The van der Waals surface area contributed by atoms with Gasteiger partial charge in [0.1, 0.15) is 10.8 Å². The van der Waals surface area contributed by atoms with Crippen LogP contribution in [0.15, 0.2) is 15.7 Å². The Morgan fingerprint density at radius 3 is 2.42 bits per heavy atom. The van der Waals surface area contributed by atoms with E-state index >= 15 is 0 Å². The fraction of sp³-hybridized carbons (Fsp3) is 0.444. The van der Waals surface area contributed by atoms with E-state index in [0.29, 0.717) is 16.2 Å². The molecule has 1 aromatic heterocycles. The van der Waals surface area contributed by atoms with Crippen LogP contribution in [-0.4, -0.2) is 38.5 Å². The molecule has 108 valence electrons. The zero-order valence-corrected chi connectivity index (χ0v) is 12.0. The SMILES string of the molecule is CCN(CC(F)(F)F)C(=O)c1csc(S(=O)(=O)Cl)c1. The first-order chi connectivity index (χ1) is 8.54. The molecular weight excluding hydrogens is 327 g/mol. The first-order valence-corrected chi connectivity index (χ1v) is 8.12. The van der Waals surface area contributed by atoms with Gasteiger partial charge in [0.25, 0.3) is 15.0 Å². The molecule has 0 aliphatic rings. The first-order valence-electron chi connectivity index (χ1n) is 4.94. The van der Waals surface area contributed by atoms with E-state index in [4.69, 9.17) is 10.7 Å². The highest BCUT2D eigenvalue weighted by Crippen LogP contribution is 2.25. The number of hydrogen-bond acceptors (Lipinski definition) is 4. The quantitative estimate of drug-likeness (QED) is 0.795. The number of amides is 1. The van der Waals surface area contributed by atoms with Crippen LogP contribution in [-0.2, 0) is 9.05 Å². The second-order valence-electron chi connectivity index (χ2n) is 3.53. The smallest absolute Gasteiger partial charge is 0.330 e. The summed E-state index contributed by atoms with van der Waals surface area (Å²) in [6.07, 6.45) is -4.51. The lowest BCUT2D eigenvalue weighted by Gasteiger charge is -2.21. The Hall–Kier alpha value is -0.800. The Labute approximate surface area is 116 Å². The minimum Gasteiger partial charge on any atom is -0.330 e. The molecule has 19 heavy (non-hydrogen) atoms. The lowest BCUT2D eigenvalue weighted by atomic mass is 10.3. The van der Waals surface area contributed by atoms with Gasteiger partial charge in [0.05, 0.1) is 5.56 Å². The van der Waals surface area contributed by atoms with Crippen LogP contribution in [0.4, 0.5) is 13.2 Å². The number of thiophene rings is 1. The fourth-order valence-electron chi connectivity index (χ4n) is 1.28. The van der Waals surface area contributed by atoms with Crippen molar-refractivity contribution in [1.29, 1.82) is 0 Å². The summed E-state index contributed by atoms with van der Waals surface area (Å²) in [5.41, 5.74) is -0.129. The monoisotopic (exact) mass is 335 g/mol. The highest BCUT2D eigenvalue weighted by molar-refractivity contribution is 8.15. The highest BCUT2D eigenvalue weighted by Gasteiger charge is 2.33. The van der Waals surface area contributed by atoms with Crippen molar-refractivity contribution in [3.05, 3.63) is 17.0 Å². The number of alkyl halides is 3. The molecule has 0 fully saturated rings. The third-order valence-electron chi connectivity index (χ3n) is 2.10. The predicted molar refractivity (Wildman–Crippen MR) is 65.0 cm³/mol. The van der Waals surface area contributed by atoms with E-state index in [1.807, 2.05) is 0 Å². The molecule has 0 spiro atoms. The van der Waals surface area contributed by atoms with Gasteiger partial charge in [-0.2, -0.15) is 13.2 Å². The highest BCUT2D eigenvalue weighted by atomic mass is 35.7. The van der Waals surface area contributed by atoms with Gasteiger partial charge in [-0.15, -0.1) is 11.3 Å². The first kappa shape index (κ1) is 16.3. The van der Waals surface area contributed by atoms with Crippen LogP contribution in [0.1, 0.15) is 17.3 Å². The van der Waals surface area contributed by atoms with Crippen LogP contribution < -0.4 is 0 Å². The molecule has 0 bridgehead atoms. The van der Waals surface area contributed by atoms with E-state index in [1.54, 1.807) is 0 Å². The number of halogens is 4. The van der Waals surface area contributed by atoms with Crippen LogP contribution in [0.2, 0.25) is 0 Å². The maximum absolute atomic E-state index is 12.3. The van der Waals surface area contributed by atoms with Crippen LogP contribution >= 0.6 is 22.0 Å². The molecule has 0 saturated carbocycles. The van der Waals surface area contributed by atoms with Gasteiger partial charge in [0.15, 0.2) is 0 Å². The normalized spacial score (nSPS) is 12.5. The summed E-state index contributed by atoms with van der Waals surface area (Å²) in [5.74, 6) is -0.886. The van der Waals surface area contributed by atoms with Gasteiger partial charge in [-0.3, -0.25) is 4.79 Å². The van der Waals surface area contributed by atoms with E-state index in [-0.39, 0.29) is 16.3 Å². The van der Waals surface area contributed by atoms with Gasteiger partial charge >= 0.3 is 6.18 Å². The van der Waals surface area contributed by atoms with Gasteiger partial charge in [-0.1, -0.05) is 0 Å². The third kappa shape index (κ3) is 4.66. The molecule has 0 radical (unpaired) electrons. The van der Waals surface area contributed by atoms with Crippen LogP contribution in [0.3, 0.4) is 0 Å². The zero-order valence-electron chi connectivity index (χ0n) is 9.57. The average molecular weight is 336 g/mol. The topological polar surface area (TPSA) is 54.5 Å². The van der Waals surface area contributed by atoms with Crippen LogP contribution in [0.25, 0.3) is 0 Å². The molecular formula is C9H9ClF3NO3S2. The predicted octanol–water partition coefficient (Wildman–Crippen LogP) is 2.70. The van der Waals surface area contributed by atoms with E-state index in [9.17, 15) is 26.4 Å².